The van der Waals surface area contributed by atoms with E-state index in [0.717, 1.165) is 0 Å². The standard InChI is InChI=1S/La.Li.H2O.Ru.H/h;;1H2;;/q;+1;;;-1. The molecule has 0 rings (SSSR count). The van der Waals surface area contributed by atoms with Gasteiger partial charge in [-0.05, 0) is 0 Å². The Morgan fingerprint density at radius 3 is 1.25 bits per heavy atom. The van der Waals surface area contributed by atoms with Gasteiger partial charge in [-0.25, -0.2) is 0 Å². The van der Waals surface area contributed by atoms with Crippen LogP contribution >= 0.6 is 0 Å². The second-order valence-electron chi connectivity index (χ2n) is 0. The zero-order valence-corrected chi connectivity index (χ0v) is 7.79. The van der Waals surface area contributed by atoms with E-state index in [-0.39, 0.29) is 80.8 Å². The maximum absolute atomic E-state index is 0. The van der Waals surface area contributed by atoms with E-state index < -0.39 is 0 Å². The molecule has 21 valence electrons. The second kappa shape index (κ2) is 18.2. The topological polar surface area (TPSA) is 31.5 Å². The van der Waals surface area contributed by atoms with Crippen molar-refractivity contribution in [2.75, 3.05) is 0 Å². The predicted molar refractivity (Wildman–Crippen MR) is 4.73 cm³/mol. The third-order valence-corrected chi connectivity index (χ3v) is 0. The summed E-state index contributed by atoms with van der Waals surface area (Å²) in [5, 5.41) is 0. The molecular weight excluding hydrogens is 263 g/mol. The van der Waals surface area contributed by atoms with Gasteiger partial charge in [0.05, 0.1) is 0 Å². The van der Waals surface area contributed by atoms with Gasteiger partial charge in [-0.3, -0.25) is 0 Å². The van der Waals surface area contributed by atoms with Gasteiger partial charge in [0.15, 0.2) is 0 Å². The third kappa shape index (κ3) is 8.83. The summed E-state index contributed by atoms with van der Waals surface area (Å²) < 4.78 is 0. The maximum Gasteiger partial charge on any atom is 1.00 e. The minimum atomic E-state index is 0. The summed E-state index contributed by atoms with van der Waals surface area (Å²) in [4.78, 5) is 0. The van der Waals surface area contributed by atoms with E-state index in [1.807, 2.05) is 0 Å². The summed E-state index contributed by atoms with van der Waals surface area (Å²) in [5.74, 6) is 0. The van der Waals surface area contributed by atoms with E-state index in [4.69, 9.17) is 0 Å². The van der Waals surface area contributed by atoms with Gasteiger partial charge in [0.25, 0.3) is 0 Å². The first-order chi connectivity index (χ1) is 0. The van der Waals surface area contributed by atoms with Crippen molar-refractivity contribution >= 4 is 0 Å². The van der Waals surface area contributed by atoms with Crippen molar-refractivity contribution < 1.29 is 80.8 Å². The Bertz CT molecular complexity index is 11.6. The van der Waals surface area contributed by atoms with Crippen LogP contribution in [0.25, 0.3) is 0 Å². The van der Waals surface area contributed by atoms with Gasteiger partial charge in [-0.2, -0.15) is 0 Å². The summed E-state index contributed by atoms with van der Waals surface area (Å²) >= 11 is 0. The monoisotopic (exact) mass is 267 g/mol. The van der Waals surface area contributed by atoms with Crippen molar-refractivity contribution in [3.63, 3.8) is 0 Å². The summed E-state index contributed by atoms with van der Waals surface area (Å²) in [6, 6.07) is 0. The molecule has 1 radical (unpaired) electrons. The molecule has 0 aliphatic rings. The van der Waals surface area contributed by atoms with Gasteiger partial charge in [0.1, 0.15) is 0 Å². The SMILES string of the molecule is O.[H-].[La].[Li+].[Ru]. The average molecular weight is 266 g/mol. The molecule has 0 saturated heterocycles. The van der Waals surface area contributed by atoms with Crippen molar-refractivity contribution in [3.05, 3.63) is 0 Å². The molecule has 4 heavy (non-hydrogen) atoms. The molecular formula is H3LaLiORu. The van der Waals surface area contributed by atoms with Crippen LogP contribution in [0.15, 0.2) is 0 Å². The second-order valence-corrected chi connectivity index (χ2v) is 0. The van der Waals surface area contributed by atoms with Crippen LogP contribution in [-0.4, -0.2) is 5.48 Å². The minimum Gasteiger partial charge on any atom is -1.00 e. The molecule has 0 bridgehead atoms. The van der Waals surface area contributed by atoms with E-state index in [1.54, 1.807) is 0 Å². The van der Waals surface area contributed by atoms with Gasteiger partial charge in [0.2, 0.25) is 0 Å². The Balaban J connectivity index is 0. The molecule has 1 nitrogen and oxygen atoms in total. The molecule has 0 aromatic rings. The van der Waals surface area contributed by atoms with E-state index in [2.05, 4.69) is 0 Å². The first-order valence-corrected chi connectivity index (χ1v) is 0. The number of hydrogen-bond donors (Lipinski definition) is 0. The first kappa shape index (κ1) is 32.6. The molecule has 0 heterocycles. The first-order valence-electron chi connectivity index (χ1n) is 0. The molecule has 0 aliphatic heterocycles. The Kier molecular flexibility index (Phi) is 149. The molecule has 0 atom stereocenters. The Hall–Kier alpha value is 2.38. The molecule has 2 N–H and O–H groups in total. The smallest absolute Gasteiger partial charge is 1.00 e. The van der Waals surface area contributed by atoms with Crippen molar-refractivity contribution in [2.45, 2.75) is 0 Å². The van der Waals surface area contributed by atoms with E-state index in [0.29, 0.717) is 0 Å². The van der Waals surface area contributed by atoms with Crippen molar-refractivity contribution in [1.29, 1.82) is 0 Å². The Labute approximate surface area is 79.6 Å². The quantitative estimate of drug-likeness (QED) is 0.404. The molecule has 0 amide bonds. The fourth-order valence-electron chi connectivity index (χ4n) is 0. The predicted octanol–water partition coefficient (Wildman–Crippen LogP) is -3.71. The fourth-order valence-corrected chi connectivity index (χ4v) is 0. The van der Waals surface area contributed by atoms with Crippen molar-refractivity contribution in [2.24, 2.45) is 0 Å². The average Bonchev–Trinajstić information content (AvgIpc) is 0. The normalized spacial score (nSPS) is 0. The zero-order chi connectivity index (χ0) is 0. The van der Waals surface area contributed by atoms with Crippen LogP contribution in [0.5, 0.6) is 0 Å². The summed E-state index contributed by atoms with van der Waals surface area (Å²) in [6.45, 7) is 0. The summed E-state index contributed by atoms with van der Waals surface area (Å²) in [6.07, 6.45) is 0. The third-order valence-electron chi connectivity index (χ3n) is 0. The van der Waals surface area contributed by atoms with Crippen LogP contribution in [0.4, 0.5) is 0 Å². The molecule has 0 aromatic heterocycles. The van der Waals surface area contributed by atoms with Crippen molar-refractivity contribution in [1.82, 2.24) is 0 Å². The number of rotatable bonds is 0. The maximum atomic E-state index is 0. The van der Waals surface area contributed by atoms with Crippen LogP contribution in [0.1, 0.15) is 1.43 Å². The van der Waals surface area contributed by atoms with Crippen LogP contribution in [0, 0.1) is 35.6 Å². The molecule has 4 heteroatoms. The zero-order valence-electron chi connectivity index (χ0n) is 3.43. The van der Waals surface area contributed by atoms with Crippen molar-refractivity contribution in [3.8, 4) is 0 Å². The largest absolute Gasteiger partial charge is 1.00 e. The molecule has 0 aliphatic carbocycles. The Morgan fingerprint density at radius 2 is 1.25 bits per heavy atom. The van der Waals surface area contributed by atoms with E-state index >= 15 is 0 Å². The molecule has 0 fully saturated rings. The van der Waals surface area contributed by atoms with Crippen LogP contribution in [0.3, 0.4) is 0 Å². The summed E-state index contributed by atoms with van der Waals surface area (Å²) in [5.41, 5.74) is 0. The van der Waals surface area contributed by atoms with Crippen LogP contribution in [0.2, 0.25) is 0 Å². The number of hydrogen-bond acceptors (Lipinski definition) is 0. The molecule has 0 saturated carbocycles. The van der Waals surface area contributed by atoms with Gasteiger partial charge in [-0.15, -0.1) is 0 Å². The van der Waals surface area contributed by atoms with Gasteiger partial charge in [-0.1, -0.05) is 0 Å². The fraction of sp³-hybridized carbons (Fsp3) is 0. The molecule has 0 aromatic carbocycles. The van der Waals surface area contributed by atoms with E-state index in [9.17, 15) is 0 Å². The molecule has 0 spiro atoms. The Morgan fingerprint density at radius 1 is 1.25 bits per heavy atom. The van der Waals surface area contributed by atoms with Gasteiger partial charge in [0, 0.05) is 55.1 Å². The van der Waals surface area contributed by atoms with Gasteiger partial charge < -0.3 is 6.90 Å². The van der Waals surface area contributed by atoms with Gasteiger partial charge >= 0.3 is 18.9 Å². The summed E-state index contributed by atoms with van der Waals surface area (Å²) in [7, 11) is 0. The van der Waals surface area contributed by atoms with Crippen LogP contribution < -0.4 is 18.9 Å². The minimum absolute atomic E-state index is 0. The van der Waals surface area contributed by atoms with Crippen LogP contribution in [-0.2, 0) is 19.5 Å². The molecule has 0 unspecified atom stereocenters. The van der Waals surface area contributed by atoms with E-state index in [1.165, 1.54) is 0 Å².